The average molecular weight is 246 g/mol. The van der Waals surface area contributed by atoms with Crippen LogP contribution in [-0.2, 0) is 11.2 Å². The summed E-state index contributed by atoms with van der Waals surface area (Å²) >= 11 is 0. The van der Waals surface area contributed by atoms with Gasteiger partial charge < -0.3 is 9.64 Å². The zero-order chi connectivity index (χ0) is 13.5. The molecule has 1 aromatic rings. The van der Waals surface area contributed by atoms with Gasteiger partial charge >= 0.3 is 0 Å². The molecular formula is C14H18N2O2. The fourth-order valence-electron chi connectivity index (χ4n) is 1.75. The number of methoxy groups -OCH3 is 1. The molecule has 0 saturated carbocycles. The van der Waals surface area contributed by atoms with Gasteiger partial charge in [-0.2, -0.15) is 5.26 Å². The van der Waals surface area contributed by atoms with Gasteiger partial charge in [-0.05, 0) is 24.1 Å². The van der Waals surface area contributed by atoms with E-state index < -0.39 is 0 Å². The highest BCUT2D eigenvalue weighted by Crippen LogP contribution is 2.28. The molecule has 0 spiro atoms. The molecule has 0 aromatic heterocycles. The molecule has 0 fully saturated rings. The maximum Gasteiger partial charge on any atom is 0.166 e. The number of ether oxygens (including phenoxy) is 1. The Bertz CT molecular complexity index is 463. The summed E-state index contributed by atoms with van der Waals surface area (Å²) in [5, 5.41) is 8.49. The summed E-state index contributed by atoms with van der Waals surface area (Å²) in [5.41, 5.74) is 2.06. The van der Waals surface area contributed by atoms with Gasteiger partial charge in [-0.15, -0.1) is 0 Å². The van der Waals surface area contributed by atoms with Crippen molar-refractivity contribution in [3.05, 3.63) is 23.8 Å². The number of nitriles is 1. The van der Waals surface area contributed by atoms with Crippen LogP contribution in [0.25, 0.3) is 0 Å². The van der Waals surface area contributed by atoms with E-state index in [0.29, 0.717) is 0 Å². The van der Waals surface area contributed by atoms with Gasteiger partial charge in [-0.25, -0.2) is 0 Å². The van der Waals surface area contributed by atoms with Crippen molar-refractivity contribution in [3.8, 4) is 11.8 Å². The first-order valence-electron chi connectivity index (χ1n) is 5.89. The van der Waals surface area contributed by atoms with Crippen LogP contribution in [0.5, 0.6) is 5.75 Å². The zero-order valence-electron chi connectivity index (χ0n) is 11.1. The molecule has 0 atom stereocenters. The Morgan fingerprint density at radius 1 is 1.50 bits per heavy atom. The molecule has 0 aliphatic carbocycles. The molecule has 0 heterocycles. The van der Waals surface area contributed by atoms with Gasteiger partial charge in [0.2, 0.25) is 0 Å². The minimum Gasteiger partial charge on any atom is -0.495 e. The first-order chi connectivity index (χ1) is 8.62. The fourth-order valence-corrected chi connectivity index (χ4v) is 1.75. The van der Waals surface area contributed by atoms with Crippen LogP contribution in [0.2, 0.25) is 0 Å². The van der Waals surface area contributed by atoms with Crippen molar-refractivity contribution in [2.24, 2.45) is 0 Å². The summed E-state index contributed by atoms with van der Waals surface area (Å²) in [6.07, 6.45) is 0.872. The predicted octanol–water partition coefficient (Wildman–Crippen LogP) is 2.18. The van der Waals surface area contributed by atoms with Crippen LogP contribution >= 0.6 is 0 Å². The van der Waals surface area contributed by atoms with E-state index in [9.17, 15) is 4.79 Å². The maximum atomic E-state index is 11.5. The van der Waals surface area contributed by atoms with Crippen molar-refractivity contribution in [1.82, 2.24) is 0 Å². The van der Waals surface area contributed by atoms with Gasteiger partial charge in [0.25, 0.3) is 0 Å². The van der Waals surface area contributed by atoms with E-state index >= 15 is 0 Å². The molecule has 0 aliphatic heterocycles. The number of carbonyl (C=O) groups excluding carboxylic acids is 1. The third-order valence-electron chi connectivity index (χ3n) is 2.75. The van der Waals surface area contributed by atoms with Crippen molar-refractivity contribution in [1.29, 1.82) is 5.26 Å². The topological polar surface area (TPSA) is 53.3 Å². The largest absolute Gasteiger partial charge is 0.495 e. The minimum absolute atomic E-state index is 0.0554. The van der Waals surface area contributed by atoms with Crippen LogP contribution < -0.4 is 9.64 Å². The number of benzene rings is 1. The summed E-state index contributed by atoms with van der Waals surface area (Å²) < 4.78 is 5.29. The Hall–Kier alpha value is -2.02. The summed E-state index contributed by atoms with van der Waals surface area (Å²) in [5.74, 6) is 0.642. The molecule has 1 aromatic carbocycles. The zero-order valence-corrected chi connectivity index (χ0v) is 11.1. The molecule has 0 unspecified atom stereocenters. The van der Waals surface area contributed by atoms with Crippen LogP contribution in [-0.4, -0.2) is 26.5 Å². The first-order valence-corrected chi connectivity index (χ1v) is 5.89. The van der Waals surface area contributed by atoms with E-state index in [1.165, 1.54) is 5.56 Å². The van der Waals surface area contributed by atoms with Crippen LogP contribution in [0, 0.1) is 11.3 Å². The Kier molecular flexibility index (Phi) is 5.19. The standard InChI is InChI=1S/C14H18N2O2/c1-4-11-5-6-14(18-3)13(9-11)16(2)10-12(17)7-8-15/h5-6,9H,4,7,10H2,1-3H3. The Morgan fingerprint density at radius 3 is 2.78 bits per heavy atom. The van der Waals surface area contributed by atoms with Crippen molar-refractivity contribution < 1.29 is 9.53 Å². The number of rotatable bonds is 6. The van der Waals surface area contributed by atoms with Crippen LogP contribution in [0.15, 0.2) is 18.2 Å². The maximum absolute atomic E-state index is 11.5. The second-order valence-corrected chi connectivity index (χ2v) is 4.09. The lowest BCUT2D eigenvalue weighted by atomic mass is 10.1. The summed E-state index contributed by atoms with van der Waals surface area (Å²) in [4.78, 5) is 13.3. The Balaban J connectivity index is 2.92. The number of Topliss-reactive ketones (excluding diaryl/α,β-unsaturated/α-hetero) is 1. The molecule has 4 nitrogen and oxygen atoms in total. The number of nitrogens with zero attached hydrogens (tertiary/aromatic N) is 2. The van der Waals surface area contributed by atoms with Gasteiger partial charge in [0, 0.05) is 7.05 Å². The van der Waals surface area contributed by atoms with E-state index in [1.54, 1.807) is 7.11 Å². The lowest BCUT2D eigenvalue weighted by Crippen LogP contribution is -2.25. The lowest BCUT2D eigenvalue weighted by Gasteiger charge is -2.21. The Labute approximate surface area is 108 Å². The predicted molar refractivity (Wildman–Crippen MR) is 70.9 cm³/mol. The molecule has 0 saturated heterocycles. The van der Waals surface area contributed by atoms with Gasteiger partial charge in [-0.3, -0.25) is 4.79 Å². The molecule has 0 amide bonds. The van der Waals surface area contributed by atoms with Crippen LogP contribution in [0.3, 0.4) is 0 Å². The van der Waals surface area contributed by atoms with Crippen molar-refractivity contribution in [2.75, 3.05) is 25.6 Å². The number of anilines is 1. The summed E-state index contributed by atoms with van der Waals surface area (Å²) in [6, 6.07) is 7.79. The normalized spacial score (nSPS) is 9.67. The molecule has 0 radical (unpaired) electrons. The monoisotopic (exact) mass is 246 g/mol. The number of hydrogen-bond donors (Lipinski definition) is 0. The SMILES string of the molecule is CCc1ccc(OC)c(N(C)CC(=O)CC#N)c1. The molecule has 0 N–H and O–H groups in total. The third kappa shape index (κ3) is 3.49. The van der Waals surface area contributed by atoms with Crippen LogP contribution in [0.4, 0.5) is 5.69 Å². The summed E-state index contributed by atoms with van der Waals surface area (Å²) in [7, 11) is 3.43. The highest BCUT2D eigenvalue weighted by molar-refractivity contribution is 5.85. The van der Waals surface area contributed by atoms with E-state index in [1.807, 2.05) is 36.2 Å². The quantitative estimate of drug-likeness (QED) is 0.772. The molecule has 0 aliphatic rings. The highest BCUT2D eigenvalue weighted by atomic mass is 16.5. The lowest BCUT2D eigenvalue weighted by molar-refractivity contribution is -0.116. The molecule has 1 rings (SSSR count). The molecule has 18 heavy (non-hydrogen) atoms. The number of ketones is 1. The number of aryl methyl sites for hydroxylation is 1. The smallest absolute Gasteiger partial charge is 0.166 e. The van der Waals surface area contributed by atoms with Crippen molar-refractivity contribution in [3.63, 3.8) is 0 Å². The second-order valence-electron chi connectivity index (χ2n) is 4.09. The third-order valence-corrected chi connectivity index (χ3v) is 2.75. The van der Waals surface area contributed by atoms with Crippen molar-refractivity contribution in [2.45, 2.75) is 19.8 Å². The number of likely N-dealkylation sites (N-methyl/N-ethyl adjacent to an activating group) is 1. The van der Waals surface area contributed by atoms with Gasteiger partial charge in [-0.1, -0.05) is 13.0 Å². The molecule has 96 valence electrons. The van der Waals surface area contributed by atoms with Gasteiger partial charge in [0.05, 0.1) is 31.8 Å². The van der Waals surface area contributed by atoms with Gasteiger partial charge in [0.15, 0.2) is 5.78 Å². The second kappa shape index (κ2) is 6.65. The number of hydrogen-bond acceptors (Lipinski definition) is 4. The van der Waals surface area contributed by atoms with Gasteiger partial charge in [0.1, 0.15) is 5.75 Å². The van der Waals surface area contributed by atoms with Crippen LogP contribution in [0.1, 0.15) is 18.9 Å². The highest BCUT2D eigenvalue weighted by Gasteiger charge is 2.12. The Morgan fingerprint density at radius 2 is 2.22 bits per heavy atom. The molecule has 0 bridgehead atoms. The molecular weight excluding hydrogens is 228 g/mol. The summed E-state index contributed by atoms with van der Waals surface area (Å²) in [6.45, 7) is 2.30. The first kappa shape index (κ1) is 14.0. The van der Waals surface area contributed by atoms with E-state index in [2.05, 4.69) is 6.92 Å². The number of carbonyl (C=O) groups is 1. The molecule has 4 heteroatoms. The van der Waals surface area contributed by atoms with Crippen molar-refractivity contribution >= 4 is 11.5 Å². The van der Waals surface area contributed by atoms with E-state index in [-0.39, 0.29) is 18.7 Å². The fraction of sp³-hybridized carbons (Fsp3) is 0.429. The van der Waals surface area contributed by atoms with E-state index in [0.717, 1.165) is 17.9 Å². The average Bonchev–Trinajstić information content (AvgIpc) is 2.38. The van der Waals surface area contributed by atoms with E-state index in [4.69, 9.17) is 10.00 Å². The minimum atomic E-state index is -0.0936.